The number of nitriles is 1. The molecule has 7 heteroatoms. The molecule has 0 spiro atoms. The Morgan fingerprint density at radius 1 is 1.15 bits per heavy atom. The zero-order chi connectivity index (χ0) is 23.9. The van der Waals surface area contributed by atoms with Crippen LogP contribution in [-0.4, -0.2) is 77.7 Å². The highest BCUT2D eigenvalue weighted by Crippen LogP contribution is 2.21. The van der Waals surface area contributed by atoms with Gasteiger partial charge in [0.25, 0.3) is 0 Å². The molecule has 1 fully saturated rings. The summed E-state index contributed by atoms with van der Waals surface area (Å²) in [6, 6.07) is 17.6. The summed E-state index contributed by atoms with van der Waals surface area (Å²) in [4.78, 5) is 22.7. The highest BCUT2D eigenvalue weighted by atomic mass is 16.3. The lowest BCUT2D eigenvalue weighted by Gasteiger charge is -2.35. The van der Waals surface area contributed by atoms with E-state index in [2.05, 4.69) is 27.0 Å². The van der Waals surface area contributed by atoms with Crippen LogP contribution in [0.15, 0.2) is 54.7 Å². The lowest BCUT2D eigenvalue weighted by Crippen LogP contribution is -2.51. The molecule has 34 heavy (non-hydrogen) atoms. The van der Waals surface area contributed by atoms with Crippen LogP contribution in [0, 0.1) is 11.3 Å². The molecule has 1 unspecified atom stereocenters. The van der Waals surface area contributed by atoms with E-state index >= 15 is 0 Å². The Balaban J connectivity index is 1.24. The highest BCUT2D eigenvalue weighted by molar-refractivity contribution is 5.94. The van der Waals surface area contributed by atoms with Crippen molar-refractivity contribution in [1.29, 1.82) is 5.26 Å². The van der Waals surface area contributed by atoms with Gasteiger partial charge < -0.3 is 19.9 Å². The van der Waals surface area contributed by atoms with Gasteiger partial charge >= 0.3 is 0 Å². The molecule has 7 nitrogen and oxygen atoms in total. The van der Waals surface area contributed by atoms with Gasteiger partial charge in [0.2, 0.25) is 5.91 Å². The van der Waals surface area contributed by atoms with E-state index in [0.717, 1.165) is 62.2 Å². The van der Waals surface area contributed by atoms with Crippen molar-refractivity contribution in [2.75, 3.05) is 50.7 Å². The van der Waals surface area contributed by atoms with Gasteiger partial charge in [-0.25, -0.2) is 0 Å². The summed E-state index contributed by atoms with van der Waals surface area (Å²) in [5.41, 5.74) is 3.85. The smallest absolute Gasteiger partial charge is 0.241 e. The number of aryl methyl sites for hydroxylation is 1. The second-order valence-corrected chi connectivity index (χ2v) is 9.10. The maximum atomic E-state index is 13.0. The SMILES string of the molecule is CC(O)CN(C(=O)CN1CCN(CCCc2c[nH]c3ccc(C#N)cc23)CC1)c1ccccc1. The summed E-state index contributed by atoms with van der Waals surface area (Å²) in [6.45, 7) is 7.01. The van der Waals surface area contributed by atoms with Crippen molar-refractivity contribution in [3.8, 4) is 6.07 Å². The number of fused-ring (bicyclic) bond motifs is 1. The van der Waals surface area contributed by atoms with Crippen LogP contribution in [-0.2, 0) is 11.2 Å². The average molecular weight is 460 g/mol. The van der Waals surface area contributed by atoms with Crippen molar-refractivity contribution >= 4 is 22.5 Å². The summed E-state index contributed by atoms with van der Waals surface area (Å²) in [7, 11) is 0. The summed E-state index contributed by atoms with van der Waals surface area (Å²) < 4.78 is 0. The molecule has 178 valence electrons. The average Bonchev–Trinajstić information content (AvgIpc) is 3.26. The number of hydrogen-bond donors (Lipinski definition) is 2. The molecule has 2 N–H and O–H groups in total. The van der Waals surface area contributed by atoms with Crippen LogP contribution in [0.3, 0.4) is 0 Å². The fraction of sp³-hybridized carbons (Fsp3) is 0.407. The number of aliphatic hydroxyl groups excluding tert-OH is 1. The Bertz CT molecular complexity index is 1130. The molecule has 1 aliphatic heterocycles. The zero-order valence-electron chi connectivity index (χ0n) is 19.8. The number of piperazine rings is 1. The minimum Gasteiger partial charge on any atom is -0.392 e. The first kappa shape index (κ1) is 24.0. The summed E-state index contributed by atoms with van der Waals surface area (Å²) >= 11 is 0. The van der Waals surface area contributed by atoms with Crippen molar-refractivity contribution in [2.45, 2.75) is 25.9 Å². The molecule has 0 saturated carbocycles. The third-order valence-corrected chi connectivity index (χ3v) is 6.46. The molecule has 1 atom stereocenters. The van der Waals surface area contributed by atoms with Crippen molar-refractivity contribution in [2.24, 2.45) is 0 Å². The minimum absolute atomic E-state index is 0.0247. The van der Waals surface area contributed by atoms with Gasteiger partial charge in [0.15, 0.2) is 0 Å². The van der Waals surface area contributed by atoms with Crippen molar-refractivity contribution in [3.63, 3.8) is 0 Å². The van der Waals surface area contributed by atoms with Gasteiger partial charge in [0.1, 0.15) is 0 Å². The van der Waals surface area contributed by atoms with E-state index in [4.69, 9.17) is 5.26 Å². The number of nitrogens with one attached hydrogen (secondary N) is 1. The van der Waals surface area contributed by atoms with E-state index in [1.165, 1.54) is 5.56 Å². The first-order valence-corrected chi connectivity index (χ1v) is 12.0. The molecule has 4 rings (SSSR count). The van der Waals surface area contributed by atoms with Crippen LogP contribution < -0.4 is 4.90 Å². The number of aromatic amines is 1. The molecule has 1 aromatic heterocycles. The Labute approximate surface area is 201 Å². The maximum Gasteiger partial charge on any atom is 0.241 e. The number of anilines is 1. The lowest BCUT2D eigenvalue weighted by molar-refractivity contribution is -0.120. The topological polar surface area (TPSA) is 86.6 Å². The standard InChI is InChI=1S/C27H33N5O2/c1-21(33)19-32(24-7-3-2-4-8-24)27(34)20-31-14-12-30(13-15-31)11-5-6-23-18-29-26-10-9-22(17-28)16-25(23)26/h2-4,7-10,16,18,21,29,33H,5-6,11-15,19-20H2,1H3. The monoisotopic (exact) mass is 459 g/mol. The van der Waals surface area contributed by atoms with E-state index < -0.39 is 6.10 Å². The molecule has 2 heterocycles. The number of hydrogen-bond acceptors (Lipinski definition) is 5. The number of nitrogens with zero attached hydrogens (tertiary/aromatic N) is 4. The van der Waals surface area contributed by atoms with E-state index in [1.807, 2.05) is 48.5 Å². The highest BCUT2D eigenvalue weighted by Gasteiger charge is 2.23. The maximum absolute atomic E-state index is 13.0. The molecule has 1 aliphatic rings. The number of rotatable bonds is 9. The number of para-hydroxylation sites is 1. The fourth-order valence-corrected chi connectivity index (χ4v) is 4.62. The fourth-order valence-electron chi connectivity index (χ4n) is 4.62. The van der Waals surface area contributed by atoms with Gasteiger partial charge in [0, 0.05) is 49.0 Å². The van der Waals surface area contributed by atoms with Gasteiger partial charge in [-0.2, -0.15) is 5.26 Å². The lowest BCUT2D eigenvalue weighted by atomic mass is 10.1. The number of carbonyl (C=O) groups excluding carboxylic acids is 1. The number of aromatic nitrogens is 1. The normalized spacial score (nSPS) is 15.8. The van der Waals surface area contributed by atoms with Crippen molar-refractivity contribution < 1.29 is 9.90 Å². The van der Waals surface area contributed by atoms with Gasteiger partial charge in [0.05, 0.1) is 30.8 Å². The van der Waals surface area contributed by atoms with E-state index in [9.17, 15) is 9.90 Å². The van der Waals surface area contributed by atoms with E-state index in [-0.39, 0.29) is 5.91 Å². The Kier molecular flexibility index (Phi) is 7.96. The van der Waals surface area contributed by atoms with Gasteiger partial charge in [-0.15, -0.1) is 0 Å². The van der Waals surface area contributed by atoms with Gasteiger partial charge in [-0.3, -0.25) is 9.69 Å². The molecule has 1 amide bonds. The summed E-state index contributed by atoms with van der Waals surface area (Å²) in [5, 5.41) is 20.2. The number of carbonyl (C=O) groups is 1. The number of aliphatic hydroxyl groups is 1. The number of H-pyrrole nitrogens is 1. The third kappa shape index (κ3) is 6.03. The Morgan fingerprint density at radius 2 is 1.88 bits per heavy atom. The van der Waals surface area contributed by atoms with Crippen LogP contribution in [0.4, 0.5) is 5.69 Å². The first-order valence-electron chi connectivity index (χ1n) is 12.0. The van der Waals surface area contributed by atoms with Gasteiger partial charge in [-0.1, -0.05) is 18.2 Å². The molecule has 2 aromatic carbocycles. The van der Waals surface area contributed by atoms with Crippen LogP contribution >= 0.6 is 0 Å². The summed E-state index contributed by atoms with van der Waals surface area (Å²) in [6.07, 6.45) is 3.50. The zero-order valence-corrected chi connectivity index (χ0v) is 19.8. The molecule has 0 radical (unpaired) electrons. The molecular formula is C27H33N5O2. The predicted molar refractivity (Wildman–Crippen MR) is 135 cm³/mol. The molecule has 3 aromatic rings. The van der Waals surface area contributed by atoms with Crippen LogP contribution in [0.5, 0.6) is 0 Å². The second-order valence-electron chi connectivity index (χ2n) is 9.10. The Hall–Kier alpha value is -3.18. The molecular weight excluding hydrogens is 426 g/mol. The molecule has 0 aliphatic carbocycles. The number of amides is 1. The van der Waals surface area contributed by atoms with Crippen LogP contribution in [0.25, 0.3) is 10.9 Å². The number of benzene rings is 2. The van der Waals surface area contributed by atoms with E-state index in [0.29, 0.717) is 18.7 Å². The predicted octanol–water partition coefficient (Wildman–Crippen LogP) is 3.00. The third-order valence-electron chi connectivity index (χ3n) is 6.46. The van der Waals surface area contributed by atoms with Gasteiger partial charge in [-0.05, 0) is 62.2 Å². The van der Waals surface area contributed by atoms with Crippen molar-refractivity contribution in [1.82, 2.24) is 14.8 Å². The minimum atomic E-state index is -0.579. The van der Waals surface area contributed by atoms with E-state index in [1.54, 1.807) is 11.8 Å². The summed E-state index contributed by atoms with van der Waals surface area (Å²) in [5.74, 6) is 0.0247. The first-order chi connectivity index (χ1) is 16.5. The second kappa shape index (κ2) is 11.3. The van der Waals surface area contributed by atoms with Crippen LogP contribution in [0.1, 0.15) is 24.5 Å². The largest absolute Gasteiger partial charge is 0.392 e. The van der Waals surface area contributed by atoms with Crippen molar-refractivity contribution in [3.05, 3.63) is 65.9 Å². The quantitative estimate of drug-likeness (QED) is 0.514. The van der Waals surface area contributed by atoms with Crippen LogP contribution in [0.2, 0.25) is 0 Å². The molecule has 1 saturated heterocycles. The Morgan fingerprint density at radius 3 is 2.59 bits per heavy atom. The molecule has 0 bridgehead atoms.